The highest BCUT2D eigenvalue weighted by Gasteiger charge is 2.32. The molecule has 0 bridgehead atoms. The Hall–Kier alpha value is -2.40. The quantitative estimate of drug-likeness (QED) is 0.652. The van der Waals surface area contributed by atoms with E-state index in [1.807, 2.05) is 35.2 Å². The van der Waals surface area contributed by atoms with Crippen LogP contribution in [0.25, 0.3) is 0 Å². The number of piperazine rings is 1. The van der Waals surface area contributed by atoms with Crippen LogP contribution in [0.2, 0.25) is 0 Å². The first-order valence-electron chi connectivity index (χ1n) is 10.9. The van der Waals surface area contributed by atoms with Crippen molar-refractivity contribution in [3.63, 3.8) is 0 Å². The predicted molar refractivity (Wildman–Crippen MR) is 118 cm³/mol. The van der Waals surface area contributed by atoms with Crippen molar-refractivity contribution in [3.8, 4) is 5.75 Å². The Balaban J connectivity index is 1.58. The molecule has 0 spiro atoms. The van der Waals surface area contributed by atoms with Crippen LogP contribution < -0.4 is 4.74 Å². The van der Waals surface area contributed by atoms with Crippen LogP contribution in [0.15, 0.2) is 48.5 Å². The Bertz CT molecular complexity index is 839. The predicted octanol–water partition coefficient (Wildman–Crippen LogP) is 4.84. The zero-order chi connectivity index (χ0) is 21.7. The van der Waals surface area contributed by atoms with Gasteiger partial charge in [0, 0.05) is 31.7 Å². The highest BCUT2D eigenvalue weighted by atomic mass is 19.1. The van der Waals surface area contributed by atoms with Crippen LogP contribution in [0.3, 0.4) is 0 Å². The Morgan fingerprint density at radius 3 is 2.50 bits per heavy atom. The van der Waals surface area contributed by atoms with E-state index in [0.717, 1.165) is 36.4 Å². The lowest BCUT2D eigenvalue weighted by Crippen LogP contribution is -2.58. The molecule has 4 nitrogen and oxygen atoms in total. The Morgan fingerprint density at radius 1 is 1.10 bits per heavy atom. The molecule has 0 N–H and O–H groups in total. The van der Waals surface area contributed by atoms with Gasteiger partial charge in [-0.1, -0.05) is 44.2 Å². The zero-order valence-electron chi connectivity index (χ0n) is 18.5. The normalized spacial score (nSPS) is 20.8. The molecule has 0 aromatic heterocycles. The van der Waals surface area contributed by atoms with Crippen LogP contribution in [-0.2, 0) is 11.3 Å². The minimum atomic E-state index is -0.217. The third-order valence-electron chi connectivity index (χ3n) is 6.15. The summed E-state index contributed by atoms with van der Waals surface area (Å²) in [6.07, 6.45) is 1.03. The van der Waals surface area contributed by atoms with E-state index < -0.39 is 0 Å². The Kier molecular flexibility index (Phi) is 7.48. The van der Waals surface area contributed by atoms with Crippen molar-refractivity contribution in [2.45, 2.75) is 58.7 Å². The van der Waals surface area contributed by atoms with Crippen molar-refractivity contribution in [2.75, 3.05) is 19.7 Å². The first-order chi connectivity index (χ1) is 14.4. The fourth-order valence-corrected chi connectivity index (χ4v) is 4.05. The van der Waals surface area contributed by atoms with E-state index in [1.54, 1.807) is 0 Å². The molecule has 0 aliphatic carbocycles. The number of nitrogens with zero attached hydrogens (tertiary/aromatic N) is 2. The molecule has 1 saturated heterocycles. The fourth-order valence-electron chi connectivity index (χ4n) is 4.05. The van der Waals surface area contributed by atoms with Gasteiger partial charge in [0.1, 0.15) is 11.6 Å². The second-order valence-electron chi connectivity index (χ2n) is 8.44. The van der Waals surface area contributed by atoms with Gasteiger partial charge in [-0.3, -0.25) is 9.69 Å². The molecule has 30 heavy (non-hydrogen) atoms. The van der Waals surface area contributed by atoms with E-state index in [2.05, 4.69) is 38.7 Å². The van der Waals surface area contributed by atoms with Gasteiger partial charge in [0.15, 0.2) is 6.61 Å². The minimum Gasteiger partial charge on any atom is -0.483 e. The number of rotatable bonds is 7. The van der Waals surface area contributed by atoms with Gasteiger partial charge in [-0.2, -0.15) is 0 Å². The van der Waals surface area contributed by atoms with E-state index in [9.17, 15) is 9.18 Å². The van der Waals surface area contributed by atoms with Crippen molar-refractivity contribution in [1.82, 2.24) is 9.80 Å². The SMILES string of the molecule is CCC(C)c1ccccc1OCC(=O)N1C[C@H](C)N(Cc2ccc(F)cc2)C[C@H]1C. The summed E-state index contributed by atoms with van der Waals surface area (Å²) in [5, 5.41) is 0. The van der Waals surface area contributed by atoms with Gasteiger partial charge in [0.05, 0.1) is 0 Å². The highest BCUT2D eigenvalue weighted by molar-refractivity contribution is 5.78. The van der Waals surface area contributed by atoms with E-state index in [0.29, 0.717) is 12.5 Å². The van der Waals surface area contributed by atoms with Crippen LogP contribution in [0.1, 0.15) is 51.2 Å². The standard InChI is InChI=1S/C25H33FN2O2/c1-5-18(2)23-8-6-7-9-24(23)30-17-25(29)28-15-19(3)27(14-20(28)4)16-21-10-12-22(26)13-11-21/h6-13,18-20H,5,14-17H2,1-4H3/t18?,19-,20+/m0/s1. The molecule has 2 aromatic carbocycles. The minimum absolute atomic E-state index is 0.0229. The molecular weight excluding hydrogens is 379 g/mol. The van der Waals surface area contributed by atoms with Crippen molar-refractivity contribution >= 4 is 5.91 Å². The summed E-state index contributed by atoms with van der Waals surface area (Å²) in [7, 11) is 0. The molecule has 1 unspecified atom stereocenters. The van der Waals surface area contributed by atoms with Crippen LogP contribution in [-0.4, -0.2) is 47.5 Å². The van der Waals surface area contributed by atoms with Crippen LogP contribution >= 0.6 is 0 Å². The van der Waals surface area contributed by atoms with Crippen molar-refractivity contribution in [1.29, 1.82) is 0 Å². The average molecular weight is 413 g/mol. The molecule has 3 rings (SSSR count). The van der Waals surface area contributed by atoms with Gasteiger partial charge < -0.3 is 9.64 Å². The largest absolute Gasteiger partial charge is 0.483 e. The summed E-state index contributed by atoms with van der Waals surface area (Å²) in [5.74, 6) is 1.00. The number of hydrogen-bond donors (Lipinski definition) is 0. The molecule has 1 aliphatic heterocycles. The monoisotopic (exact) mass is 412 g/mol. The lowest BCUT2D eigenvalue weighted by molar-refractivity contribution is -0.139. The fraction of sp³-hybridized carbons (Fsp3) is 0.480. The molecule has 2 aromatic rings. The van der Waals surface area contributed by atoms with E-state index in [1.165, 1.54) is 12.1 Å². The summed E-state index contributed by atoms with van der Waals surface area (Å²) in [6, 6.07) is 15.0. The first-order valence-corrected chi connectivity index (χ1v) is 10.9. The summed E-state index contributed by atoms with van der Waals surface area (Å²) in [4.78, 5) is 17.2. The van der Waals surface area contributed by atoms with Crippen LogP contribution in [0.4, 0.5) is 4.39 Å². The van der Waals surface area contributed by atoms with Gasteiger partial charge in [0.25, 0.3) is 5.91 Å². The van der Waals surface area contributed by atoms with Gasteiger partial charge >= 0.3 is 0 Å². The topological polar surface area (TPSA) is 32.8 Å². The second kappa shape index (κ2) is 10.1. The lowest BCUT2D eigenvalue weighted by Gasteiger charge is -2.44. The third kappa shape index (κ3) is 5.39. The molecule has 5 heteroatoms. The van der Waals surface area contributed by atoms with Gasteiger partial charge in [-0.15, -0.1) is 0 Å². The zero-order valence-corrected chi connectivity index (χ0v) is 18.5. The molecular formula is C25H33FN2O2. The number of halogens is 1. The molecule has 1 aliphatic rings. The maximum Gasteiger partial charge on any atom is 0.260 e. The van der Waals surface area contributed by atoms with Crippen molar-refractivity contribution in [3.05, 3.63) is 65.5 Å². The molecule has 3 atom stereocenters. The smallest absolute Gasteiger partial charge is 0.260 e. The van der Waals surface area contributed by atoms with Crippen molar-refractivity contribution < 1.29 is 13.9 Å². The number of carbonyl (C=O) groups excluding carboxylic acids is 1. The first kappa shape index (κ1) is 22.3. The Labute approximate surface area is 179 Å². The molecule has 0 radical (unpaired) electrons. The van der Waals surface area contributed by atoms with E-state index in [-0.39, 0.29) is 30.4 Å². The van der Waals surface area contributed by atoms with Gasteiger partial charge in [0.2, 0.25) is 0 Å². The summed E-state index contributed by atoms with van der Waals surface area (Å²) < 4.78 is 19.1. The summed E-state index contributed by atoms with van der Waals surface area (Å²) in [6.45, 7) is 10.8. The number of hydrogen-bond acceptors (Lipinski definition) is 3. The maximum atomic E-state index is 13.2. The maximum absolute atomic E-state index is 13.2. The summed E-state index contributed by atoms with van der Waals surface area (Å²) >= 11 is 0. The summed E-state index contributed by atoms with van der Waals surface area (Å²) in [5.41, 5.74) is 2.23. The Morgan fingerprint density at radius 2 is 1.80 bits per heavy atom. The second-order valence-corrected chi connectivity index (χ2v) is 8.44. The van der Waals surface area contributed by atoms with E-state index in [4.69, 9.17) is 4.74 Å². The number of para-hydroxylation sites is 1. The highest BCUT2D eigenvalue weighted by Crippen LogP contribution is 2.28. The lowest BCUT2D eigenvalue weighted by atomic mass is 9.98. The van der Waals surface area contributed by atoms with Gasteiger partial charge in [-0.25, -0.2) is 4.39 Å². The average Bonchev–Trinajstić information content (AvgIpc) is 2.75. The van der Waals surface area contributed by atoms with Crippen LogP contribution in [0, 0.1) is 5.82 Å². The number of carbonyl (C=O) groups is 1. The van der Waals surface area contributed by atoms with Crippen molar-refractivity contribution in [2.24, 2.45) is 0 Å². The van der Waals surface area contributed by atoms with E-state index >= 15 is 0 Å². The number of benzene rings is 2. The van der Waals surface area contributed by atoms with Gasteiger partial charge in [-0.05, 0) is 55.5 Å². The molecule has 1 heterocycles. The molecule has 1 fully saturated rings. The molecule has 162 valence electrons. The number of ether oxygens (including phenoxy) is 1. The van der Waals surface area contributed by atoms with Crippen LogP contribution in [0.5, 0.6) is 5.75 Å². The number of amides is 1. The molecule has 1 amide bonds. The molecule has 0 saturated carbocycles. The third-order valence-corrected chi connectivity index (χ3v) is 6.15.